The maximum atomic E-state index is 14.1. The minimum atomic E-state index is -1.07. The topological polar surface area (TPSA) is 131 Å². The van der Waals surface area contributed by atoms with E-state index < -0.39 is 46.7 Å². The van der Waals surface area contributed by atoms with E-state index in [1.54, 1.807) is 53.7 Å². The lowest BCUT2D eigenvalue weighted by Gasteiger charge is -2.70. The molecule has 0 aromatic heterocycles. The number of ether oxygens (including phenoxy) is 8. The summed E-state index contributed by atoms with van der Waals surface area (Å²) in [4.78, 5) is 29.8. The smallest absolute Gasteiger partial charge is 0.338 e. The van der Waals surface area contributed by atoms with Crippen LogP contribution in [0, 0.1) is 40.4 Å². The number of rotatable bonds is 11. The van der Waals surface area contributed by atoms with Crippen LogP contribution in [0.2, 0.25) is 0 Å². The summed E-state index contributed by atoms with van der Waals surface area (Å²) >= 11 is 0. The molecule has 1 saturated heterocycles. The molecule has 0 radical (unpaired) electrons. The normalized spacial score (nSPS) is 45.1. The minimum absolute atomic E-state index is 0.0722. The molecule has 0 amide bonds. The average Bonchev–Trinajstić information content (AvgIpc) is 3.50. The molecule has 12 heteroatoms. The third-order valence-electron chi connectivity index (χ3n) is 13.6. The van der Waals surface area contributed by atoms with Gasteiger partial charge in [-0.25, -0.2) is 4.79 Å². The van der Waals surface area contributed by atoms with E-state index in [4.69, 9.17) is 37.9 Å². The van der Waals surface area contributed by atoms with Gasteiger partial charge in [-0.2, -0.15) is 0 Å². The van der Waals surface area contributed by atoms with Crippen molar-refractivity contribution < 1.29 is 52.6 Å². The van der Waals surface area contributed by atoms with Crippen LogP contribution >= 0.6 is 0 Å². The number of benzene rings is 1. The van der Waals surface area contributed by atoms with Crippen LogP contribution in [0.4, 0.5) is 0 Å². The van der Waals surface area contributed by atoms with Crippen molar-refractivity contribution in [2.45, 2.75) is 75.3 Å². The van der Waals surface area contributed by atoms with Crippen LogP contribution in [0.25, 0.3) is 0 Å². The van der Waals surface area contributed by atoms with Crippen LogP contribution < -0.4 is 9.47 Å². The molecule has 0 unspecified atom stereocenters. The van der Waals surface area contributed by atoms with Crippen molar-refractivity contribution in [2.75, 3.05) is 62.4 Å². The number of piperidine rings is 1. The molecule has 6 aliphatic rings. The van der Waals surface area contributed by atoms with Gasteiger partial charge in [0, 0.05) is 95.3 Å². The Hall–Kier alpha value is -2.48. The van der Waals surface area contributed by atoms with Gasteiger partial charge < -0.3 is 43.0 Å². The Morgan fingerprint density at radius 3 is 2.31 bits per heavy atom. The molecule has 14 atom stereocenters. The molecular formula is C36H51NO11. The van der Waals surface area contributed by atoms with Crippen molar-refractivity contribution in [3.8, 4) is 11.5 Å². The Morgan fingerprint density at radius 2 is 1.71 bits per heavy atom. The molecule has 5 saturated carbocycles. The van der Waals surface area contributed by atoms with Gasteiger partial charge in [0.1, 0.15) is 11.7 Å². The first-order chi connectivity index (χ1) is 23.1. The number of methoxy groups -OCH3 is 6. The van der Waals surface area contributed by atoms with E-state index in [1.807, 2.05) is 0 Å². The first kappa shape index (κ1) is 34.0. The zero-order valence-electron chi connectivity index (χ0n) is 29.3. The van der Waals surface area contributed by atoms with Gasteiger partial charge in [-0.3, -0.25) is 9.69 Å². The lowest BCUT2D eigenvalue weighted by atomic mass is 9.42. The highest BCUT2D eigenvalue weighted by Crippen LogP contribution is 2.80. The van der Waals surface area contributed by atoms with Crippen molar-refractivity contribution in [1.29, 1.82) is 0 Å². The SMILES string of the molecule is CCN1C[C@]2(COC)[C@H](O)C[C@H](OC)[C@@]34[C@@H]5C[C@H]6[C@H](OC(=O)c7ccc(OC)c(OC)c7)[C@@H]5[C@](OC(C)=O)(C[C@@H]6OC)[C@@H]([C@H](OC)[C@H]23)[C@@H]14. The molecule has 5 aliphatic carbocycles. The van der Waals surface area contributed by atoms with Crippen LogP contribution in [0.1, 0.15) is 43.5 Å². The number of nitrogens with zero attached hydrogens (tertiary/aromatic N) is 1. The van der Waals surface area contributed by atoms with Gasteiger partial charge in [0.25, 0.3) is 0 Å². The summed E-state index contributed by atoms with van der Waals surface area (Å²) < 4.78 is 49.4. The Kier molecular flexibility index (Phi) is 8.56. The molecule has 1 aromatic rings. The van der Waals surface area contributed by atoms with Crippen LogP contribution in [0.15, 0.2) is 18.2 Å². The molecule has 1 spiro atoms. The third kappa shape index (κ3) is 4.16. The van der Waals surface area contributed by atoms with Gasteiger partial charge in [-0.15, -0.1) is 0 Å². The van der Waals surface area contributed by atoms with Crippen molar-refractivity contribution in [3.63, 3.8) is 0 Å². The van der Waals surface area contributed by atoms with Crippen LogP contribution in [-0.4, -0.2) is 126 Å². The molecule has 1 N–H and O–H groups in total. The van der Waals surface area contributed by atoms with E-state index in [0.717, 1.165) is 6.54 Å². The van der Waals surface area contributed by atoms with Crippen LogP contribution in [0.3, 0.4) is 0 Å². The van der Waals surface area contributed by atoms with Crippen molar-refractivity contribution in [2.24, 2.45) is 40.4 Å². The Balaban J connectivity index is 1.43. The second kappa shape index (κ2) is 12.1. The third-order valence-corrected chi connectivity index (χ3v) is 13.6. The van der Waals surface area contributed by atoms with Crippen LogP contribution in [-0.2, 0) is 33.2 Å². The molecule has 1 aliphatic heterocycles. The molecule has 1 heterocycles. The standard InChI is InChI=1S/C36H51NO11/c1-9-37-16-34(17-41-3)25(39)14-26(45-7)36-21-13-20-24(44-6)15-35(48-18(2)38,28(32(36)37)30(46-8)31(34)36)27(21)29(20)47-33(40)19-10-11-22(42-4)23(12-19)43-5/h10-12,20-21,24-32,39H,9,13-17H2,1-8H3/t20-,21-,24+,25-,26+,27-,28+,29+,30+,31-,32-,34+,35-,36+/m1/s1. The number of aliphatic hydroxyl groups excluding tert-OH is 1. The highest BCUT2D eigenvalue weighted by molar-refractivity contribution is 5.90. The summed E-state index contributed by atoms with van der Waals surface area (Å²) in [7, 11) is 9.90. The summed E-state index contributed by atoms with van der Waals surface area (Å²) in [5.41, 5.74) is -1.89. The van der Waals surface area contributed by atoms with Gasteiger partial charge in [0.15, 0.2) is 11.5 Å². The van der Waals surface area contributed by atoms with E-state index in [0.29, 0.717) is 49.5 Å². The predicted molar refractivity (Wildman–Crippen MR) is 171 cm³/mol. The number of aliphatic hydroxyl groups is 1. The number of fused-ring (bicyclic) bond motifs is 2. The van der Waals surface area contributed by atoms with E-state index in [-0.39, 0.29) is 47.8 Å². The molecule has 7 bridgehead atoms. The molecule has 1 aromatic carbocycles. The number of esters is 2. The van der Waals surface area contributed by atoms with Gasteiger partial charge in [0.05, 0.1) is 50.8 Å². The second-order valence-electron chi connectivity index (χ2n) is 14.9. The van der Waals surface area contributed by atoms with Crippen molar-refractivity contribution in [3.05, 3.63) is 23.8 Å². The van der Waals surface area contributed by atoms with Gasteiger partial charge in [-0.1, -0.05) is 6.92 Å². The van der Waals surface area contributed by atoms with E-state index in [2.05, 4.69) is 11.8 Å². The number of carbonyl (C=O) groups is 2. The maximum Gasteiger partial charge on any atom is 0.338 e. The number of likely N-dealkylation sites (tertiary alicyclic amines) is 1. The molecule has 48 heavy (non-hydrogen) atoms. The quantitative estimate of drug-likeness (QED) is 0.347. The highest BCUT2D eigenvalue weighted by atomic mass is 16.6. The number of hydrogen-bond acceptors (Lipinski definition) is 12. The number of hydrogen-bond donors (Lipinski definition) is 1. The van der Waals surface area contributed by atoms with Crippen molar-refractivity contribution >= 4 is 11.9 Å². The number of carbonyl (C=O) groups excluding carboxylic acids is 2. The zero-order valence-corrected chi connectivity index (χ0v) is 29.3. The fraction of sp³-hybridized carbons (Fsp3) is 0.778. The molecule has 12 nitrogen and oxygen atoms in total. The lowest BCUT2D eigenvalue weighted by molar-refractivity contribution is -0.297. The van der Waals surface area contributed by atoms with E-state index >= 15 is 0 Å². The second-order valence-corrected chi connectivity index (χ2v) is 14.9. The van der Waals surface area contributed by atoms with Gasteiger partial charge in [0.2, 0.25) is 0 Å². The Bertz CT molecular complexity index is 1420. The predicted octanol–water partition coefficient (Wildman–Crippen LogP) is 2.58. The zero-order chi connectivity index (χ0) is 34.3. The van der Waals surface area contributed by atoms with Crippen LogP contribution in [0.5, 0.6) is 11.5 Å². The Labute approximate surface area is 282 Å². The molecular weight excluding hydrogens is 622 g/mol. The first-order valence-electron chi connectivity index (χ1n) is 17.2. The fourth-order valence-corrected chi connectivity index (χ4v) is 12.6. The summed E-state index contributed by atoms with van der Waals surface area (Å²) in [6.07, 6.45) is -0.760. The Morgan fingerprint density at radius 1 is 0.958 bits per heavy atom. The van der Waals surface area contributed by atoms with Gasteiger partial charge >= 0.3 is 11.9 Å². The fourth-order valence-electron chi connectivity index (χ4n) is 12.6. The maximum absolute atomic E-state index is 14.1. The largest absolute Gasteiger partial charge is 0.493 e. The van der Waals surface area contributed by atoms with E-state index in [1.165, 1.54) is 14.0 Å². The lowest BCUT2D eigenvalue weighted by Crippen LogP contribution is -2.79. The van der Waals surface area contributed by atoms with Crippen molar-refractivity contribution in [1.82, 2.24) is 4.90 Å². The average molecular weight is 674 g/mol. The molecule has 7 rings (SSSR count). The molecule has 266 valence electrons. The molecule has 6 fully saturated rings. The minimum Gasteiger partial charge on any atom is -0.493 e. The highest BCUT2D eigenvalue weighted by Gasteiger charge is 2.89. The van der Waals surface area contributed by atoms with Gasteiger partial charge in [-0.05, 0) is 37.1 Å². The first-order valence-corrected chi connectivity index (χ1v) is 17.2. The summed E-state index contributed by atoms with van der Waals surface area (Å²) in [6.45, 7) is 5.31. The van der Waals surface area contributed by atoms with E-state index in [9.17, 15) is 14.7 Å². The summed E-state index contributed by atoms with van der Waals surface area (Å²) in [5.74, 6) is -1.03. The summed E-state index contributed by atoms with van der Waals surface area (Å²) in [5, 5.41) is 12.1. The monoisotopic (exact) mass is 673 g/mol. The summed E-state index contributed by atoms with van der Waals surface area (Å²) in [6, 6.07) is 4.90.